The van der Waals surface area contributed by atoms with Crippen LogP contribution in [0.4, 0.5) is 11.5 Å². The molecular formula is C21H22BrN5O5. The number of hydrogen-bond acceptors (Lipinski definition) is 8. The van der Waals surface area contributed by atoms with E-state index >= 15 is 0 Å². The van der Waals surface area contributed by atoms with E-state index in [1.54, 1.807) is 18.9 Å². The van der Waals surface area contributed by atoms with Gasteiger partial charge in [-0.15, -0.1) is 0 Å². The van der Waals surface area contributed by atoms with Crippen LogP contribution in [0.25, 0.3) is 11.3 Å². The lowest BCUT2D eigenvalue weighted by atomic mass is 10.0. The molecule has 1 saturated heterocycles. The molecule has 1 aromatic carbocycles. The van der Waals surface area contributed by atoms with Gasteiger partial charge in [0.25, 0.3) is 5.91 Å². The number of carbonyl (C=O) groups is 1. The molecule has 32 heavy (non-hydrogen) atoms. The van der Waals surface area contributed by atoms with Crippen LogP contribution in [0.3, 0.4) is 0 Å². The van der Waals surface area contributed by atoms with Gasteiger partial charge in [-0.05, 0) is 35.0 Å². The maximum atomic E-state index is 13.4. The minimum Gasteiger partial charge on any atom is -0.595 e. The van der Waals surface area contributed by atoms with Crippen LogP contribution >= 0.6 is 15.9 Å². The second-order valence-electron chi connectivity index (χ2n) is 7.28. The molecule has 1 fully saturated rings. The number of ether oxygens (including phenoxy) is 1. The first-order valence-corrected chi connectivity index (χ1v) is 10.7. The molecule has 0 bridgehead atoms. The van der Waals surface area contributed by atoms with E-state index < -0.39 is 5.23 Å². The number of pyridine rings is 1. The Morgan fingerprint density at radius 3 is 2.66 bits per heavy atom. The minimum absolute atomic E-state index is 0.112. The molecule has 0 aliphatic carbocycles. The van der Waals surface area contributed by atoms with Crippen LogP contribution in [0.2, 0.25) is 0 Å². The normalized spacial score (nSPS) is 15.0. The lowest BCUT2D eigenvalue weighted by Gasteiger charge is -2.35. The van der Waals surface area contributed by atoms with Crippen molar-refractivity contribution in [1.29, 1.82) is 0 Å². The first-order chi connectivity index (χ1) is 15.4. The van der Waals surface area contributed by atoms with Gasteiger partial charge >= 0.3 is 0 Å². The highest BCUT2D eigenvalue weighted by Gasteiger charge is 2.30. The molecule has 1 unspecified atom stereocenters. The van der Waals surface area contributed by atoms with Crippen LogP contribution < -0.4 is 14.9 Å². The largest absolute Gasteiger partial charge is 0.595 e. The number of benzene rings is 1. The van der Waals surface area contributed by atoms with Crippen LogP contribution in [0.1, 0.15) is 16.1 Å². The number of rotatable bonds is 5. The zero-order valence-electron chi connectivity index (χ0n) is 17.5. The molecule has 2 aromatic heterocycles. The second-order valence-corrected chi connectivity index (χ2v) is 8.13. The zero-order valence-corrected chi connectivity index (χ0v) is 19.1. The molecule has 2 N–H and O–H groups in total. The van der Waals surface area contributed by atoms with Gasteiger partial charge in [0.15, 0.2) is 5.69 Å². The Hall–Kier alpha value is -2.99. The van der Waals surface area contributed by atoms with Gasteiger partial charge in [-0.25, -0.2) is 10.2 Å². The van der Waals surface area contributed by atoms with E-state index in [1.165, 1.54) is 12.3 Å². The number of para-hydroxylation sites is 1. The van der Waals surface area contributed by atoms with E-state index in [9.17, 15) is 10.0 Å². The van der Waals surface area contributed by atoms with Gasteiger partial charge in [-0.3, -0.25) is 4.79 Å². The predicted octanol–water partition coefficient (Wildman–Crippen LogP) is 2.18. The van der Waals surface area contributed by atoms with Crippen LogP contribution in [-0.2, 0) is 0 Å². The van der Waals surface area contributed by atoms with E-state index in [1.807, 2.05) is 29.2 Å². The van der Waals surface area contributed by atoms with E-state index in [4.69, 9.17) is 14.5 Å². The molecule has 4 rings (SSSR count). The summed E-state index contributed by atoms with van der Waals surface area (Å²) in [6, 6.07) is 8.89. The maximum absolute atomic E-state index is 13.4. The van der Waals surface area contributed by atoms with Crippen molar-refractivity contribution in [3.8, 4) is 17.0 Å². The molecule has 0 spiro atoms. The number of anilines is 1. The van der Waals surface area contributed by atoms with Gasteiger partial charge in [0, 0.05) is 37.8 Å². The van der Waals surface area contributed by atoms with Crippen molar-refractivity contribution < 1.29 is 24.5 Å². The molecule has 1 atom stereocenters. The third-order valence-electron chi connectivity index (χ3n) is 5.37. The van der Waals surface area contributed by atoms with Crippen molar-refractivity contribution in [2.75, 3.05) is 38.2 Å². The summed E-state index contributed by atoms with van der Waals surface area (Å²) in [5.41, 5.74) is 1.69. The number of halogens is 1. The summed E-state index contributed by atoms with van der Waals surface area (Å²) in [7, 11) is 1.57. The maximum Gasteiger partial charge on any atom is 0.259 e. The van der Waals surface area contributed by atoms with Gasteiger partial charge in [-0.2, -0.15) is 5.23 Å². The predicted molar refractivity (Wildman–Crippen MR) is 119 cm³/mol. The number of aryl methyl sites for hydroxylation is 1. The number of carbonyl (C=O) groups excluding carboxylic acids is 1. The molecule has 3 aromatic rings. The third-order valence-corrected chi connectivity index (χ3v) is 5.96. The summed E-state index contributed by atoms with van der Waals surface area (Å²) in [5.74, 6) is 1.56. The van der Waals surface area contributed by atoms with Crippen molar-refractivity contribution in [3.63, 3.8) is 0 Å². The van der Waals surface area contributed by atoms with Crippen molar-refractivity contribution in [3.05, 3.63) is 57.5 Å². The molecule has 10 nitrogen and oxygen atoms in total. The molecule has 168 valence electrons. The Bertz CT molecular complexity index is 1130. The summed E-state index contributed by atoms with van der Waals surface area (Å²) in [5, 5.41) is 23.3. The number of aromatic nitrogens is 2. The Balaban J connectivity index is 1.52. The monoisotopic (exact) mass is 503 g/mol. The van der Waals surface area contributed by atoms with Crippen LogP contribution in [-0.4, -0.2) is 59.4 Å². The number of methoxy groups -OCH3 is 1. The topological polar surface area (TPSA) is 119 Å². The van der Waals surface area contributed by atoms with Crippen molar-refractivity contribution in [2.45, 2.75) is 6.92 Å². The van der Waals surface area contributed by atoms with Gasteiger partial charge < -0.3 is 24.3 Å². The summed E-state index contributed by atoms with van der Waals surface area (Å²) in [6.07, 6.45) is 1.33. The SMILES string of the molecule is COc1ccccc1-c1noc(C)c1C(=O)N1CCN(c2ncc([NH+]([O-])O)cc2Br)CC1. The van der Waals surface area contributed by atoms with Crippen molar-refractivity contribution in [1.82, 2.24) is 15.0 Å². The molecule has 1 amide bonds. The van der Waals surface area contributed by atoms with Crippen LogP contribution in [0.15, 0.2) is 45.5 Å². The zero-order chi connectivity index (χ0) is 22.8. The fourth-order valence-corrected chi connectivity index (χ4v) is 4.31. The average molecular weight is 504 g/mol. The molecule has 11 heteroatoms. The fraction of sp³-hybridized carbons (Fsp3) is 0.286. The number of piperazine rings is 1. The highest BCUT2D eigenvalue weighted by Crippen LogP contribution is 2.34. The van der Waals surface area contributed by atoms with E-state index in [-0.39, 0.29) is 11.6 Å². The lowest BCUT2D eigenvalue weighted by molar-refractivity contribution is -0.991. The van der Waals surface area contributed by atoms with Gasteiger partial charge in [0.05, 0.1) is 17.8 Å². The average Bonchev–Trinajstić information content (AvgIpc) is 3.19. The molecule has 1 aliphatic rings. The summed E-state index contributed by atoms with van der Waals surface area (Å²) in [4.78, 5) is 21.4. The number of amides is 1. The van der Waals surface area contributed by atoms with E-state index in [0.717, 1.165) is 0 Å². The minimum atomic E-state index is -1.03. The molecule has 1 aliphatic heterocycles. The summed E-state index contributed by atoms with van der Waals surface area (Å²) < 4.78 is 11.4. The smallest absolute Gasteiger partial charge is 0.259 e. The van der Waals surface area contributed by atoms with Crippen LogP contribution in [0, 0.1) is 12.1 Å². The third kappa shape index (κ3) is 4.19. The summed E-state index contributed by atoms with van der Waals surface area (Å²) >= 11 is 3.40. The standard InChI is InChI=1S/C21H22BrN5O5/c1-13-18(19(24-32-13)15-5-3-4-6-17(15)31-2)21(28)26-9-7-25(8-10-26)20-16(22)11-14(12-23-20)27(29)30/h3-6,11-12,27,29H,7-10H2,1-2H3. The Kier molecular flexibility index (Phi) is 6.42. The van der Waals surface area contributed by atoms with Crippen molar-refractivity contribution in [2.24, 2.45) is 0 Å². The van der Waals surface area contributed by atoms with Crippen molar-refractivity contribution >= 4 is 33.3 Å². The number of nitrogens with zero attached hydrogens (tertiary/aromatic N) is 4. The van der Waals surface area contributed by atoms with Crippen LogP contribution in [0.5, 0.6) is 5.75 Å². The van der Waals surface area contributed by atoms with E-state index in [0.29, 0.717) is 64.8 Å². The molecule has 0 saturated carbocycles. The highest BCUT2D eigenvalue weighted by atomic mass is 79.9. The van der Waals surface area contributed by atoms with Gasteiger partial charge in [-0.1, -0.05) is 17.3 Å². The first-order valence-electron chi connectivity index (χ1n) is 9.93. The summed E-state index contributed by atoms with van der Waals surface area (Å²) in [6.45, 7) is 3.78. The quantitative estimate of drug-likeness (QED) is 0.508. The Labute approximate surface area is 192 Å². The van der Waals surface area contributed by atoms with E-state index in [2.05, 4.69) is 26.1 Å². The first kappa shape index (κ1) is 22.2. The fourth-order valence-electron chi connectivity index (χ4n) is 3.71. The molecule has 0 radical (unpaired) electrons. The Morgan fingerprint density at radius 2 is 2.00 bits per heavy atom. The molecular weight excluding hydrogens is 482 g/mol. The number of nitrogens with one attached hydrogen (secondary N) is 1. The number of quaternary nitrogens is 1. The highest BCUT2D eigenvalue weighted by molar-refractivity contribution is 9.10. The second kappa shape index (κ2) is 9.25. The Morgan fingerprint density at radius 1 is 1.28 bits per heavy atom. The lowest BCUT2D eigenvalue weighted by Crippen LogP contribution is -2.99. The number of hydrogen-bond donors (Lipinski definition) is 2. The van der Waals surface area contributed by atoms with Gasteiger partial charge in [0.1, 0.15) is 28.6 Å². The molecule has 3 heterocycles. The van der Waals surface area contributed by atoms with Gasteiger partial charge in [0.2, 0.25) is 0 Å².